The molecule has 0 radical (unpaired) electrons. The van der Waals surface area contributed by atoms with Gasteiger partial charge in [-0.1, -0.05) is 0 Å². The third-order valence-electron chi connectivity index (χ3n) is 5.88. The van der Waals surface area contributed by atoms with E-state index in [1.807, 2.05) is 0 Å². The minimum Gasteiger partial charge on any atom is -0.338 e. The van der Waals surface area contributed by atoms with Gasteiger partial charge in [-0.25, -0.2) is 26.4 Å². The number of sulfonamides is 1. The van der Waals surface area contributed by atoms with E-state index in [0.717, 1.165) is 0 Å². The van der Waals surface area contributed by atoms with Crippen molar-refractivity contribution in [3.05, 3.63) is 29.8 Å². The highest BCUT2D eigenvalue weighted by Gasteiger charge is 2.48. The first-order valence-electron chi connectivity index (χ1n) is 9.75. The maximum absolute atomic E-state index is 12.8. The van der Waals surface area contributed by atoms with E-state index in [9.17, 15) is 31.2 Å². The molecule has 168 valence electrons. The molecule has 0 bridgehead atoms. The molecule has 1 aromatic rings. The first kappa shape index (κ1) is 21.7. The largest absolute Gasteiger partial charge is 0.338 e. The maximum atomic E-state index is 12.8. The van der Waals surface area contributed by atoms with E-state index in [4.69, 9.17) is 0 Å². The standard InChI is InChI=1S/C18H22N4O7S2/c23-15(22-8-6-18(7-9-22)16(24)19-17(25)20-18)12-1-3-14(4-2-12)31(28,29)21-13-5-10-30(26,27)11-13/h1-4,13,21H,5-11H2,(H2,19,20,24,25). The lowest BCUT2D eigenvalue weighted by molar-refractivity contribution is -0.125. The monoisotopic (exact) mass is 470 g/mol. The Morgan fingerprint density at radius 3 is 2.29 bits per heavy atom. The maximum Gasteiger partial charge on any atom is 0.322 e. The molecule has 3 fully saturated rings. The van der Waals surface area contributed by atoms with Crippen LogP contribution in [-0.4, -0.2) is 75.8 Å². The number of sulfone groups is 1. The molecular formula is C18H22N4O7S2. The Morgan fingerprint density at radius 1 is 1.13 bits per heavy atom. The van der Waals surface area contributed by atoms with Gasteiger partial charge in [0.1, 0.15) is 5.54 Å². The Bertz CT molecular complexity index is 1140. The van der Waals surface area contributed by atoms with Gasteiger partial charge in [-0.3, -0.25) is 14.9 Å². The molecule has 11 nitrogen and oxygen atoms in total. The van der Waals surface area contributed by atoms with E-state index in [-0.39, 0.29) is 60.6 Å². The smallest absolute Gasteiger partial charge is 0.322 e. The Labute approximate surface area is 179 Å². The molecule has 0 aromatic heterocycles. The van der Waals surface area contributed by atoms with E-state index in [1.165, 1.54) is 24.3 Å². The van der Waals surface area contributed by atoms with Crippen LogP contribution in [0.15, 0.2) is 29.2 Å². The Balaban J connectivity index is 1.40. The van der Waals surface area contributed by atoms with Crippen LogP contribution in [0.4, 0.5) is 4.79 Å². The van der Waals surface area contributed by atoms with Crippen LogP contribution in [0.3, 0.4) is 0 Å². The zero-order valence-electron chi connectivity index (χ0n) is 16.5. The Morgan fingerprint density at radius 2 is 1.77 bits per heavy atom. The number of hydrogen-bond acceptors (Lipinski definition) is 7. The van der Waals surface area contributed by atoms with E-state index in [2.05, 4.69) is 15.4 Å². The number of amides is 4. The van der Waals surface area contributed by atoms with Gasteiger partial charge < -0.3 is 10.2 Å². The zero-order valence-corrected chi connectivity index (χ0v) is 18.1. The van der Waals surface area contributed by atoms with Gasteiger partial charge >= 0.3 is 6.03 Å². The minimum absolute atomic E-state index is 0.0455. The highest BCUT2D eigenvalue weighted by atomic mass is 32.2. The molecule has 1 atom stereocenters. The average molecular weight is 471 g/mol. The molecule has 3 aliphatic rings. The van der Waals surface area contributed by atoms with Gasteiger partial charge in [-0.05, 0) is 43.5 Å². The van der Waals surface area contributed by atoms with Crippen LogP contribution in [0.5, 0.6) is 0 Å². The Hall–Kier alpha value is -2.51. The quantitative estimate of drug-likeness (QED) is 0.474. The third-order valence-corrected chi connectivity index (χ3v) is 9.19. The summed E-state index contributed by atoms with van der Waals surface area (Å²) < 4.78 is 50.5. The number of urea groups is 1. The molecule has 3 N–H and O–H groups in total. The van der Waals surface area contributed by atoms with Crippen molar-refractivity contribution >= 4 is 37.7 Å². The summed E-state index contributed by atoms with van der Waals surface area (Å²) in [6, 6.07) is 4.20. The minimum atomic E-state index is -3.91. The molecule has 3 aliphatic heterocycles. The summed E-state index contributed by atoms with van der Waals surface area (Å²) in [6.07, 6.45) is 0.807. The number of piperidine rings is 1. The molecule has 4 amide bonds. The number of rotatable bonds is 4. The summed E-state index contributed by atoms with van der Waals surface area (Å²) in [5, 5.41) is 4.84. The van der Waals surface area contributed by atoms with Gasteiger partial charge in [0.2, 0.25) is 10.0 Å². The second-order valence-corrected chi connectivity index (χ2v) is 12.0. The van der Waals surface area contributed by atoms with Gasteiger partial charge in [0.25, 0.3) is 11.8 Å². The molecule has 1 unspecified atom stereocenters. The number of carbonyl (C=O) groups is 3. The molecule has 0 saturated carbocycles. The molecule has 1 aromatic carbocycles. The van der Waals surface area contributed by atoms with Crippen LogP contribution >= 0.6 is 0 Å². The normalized spacial score (nSPS) is 24.8. The van der Waals surface area contributed by atoms with Gasteiger partial charge in [0.15, 0.2) is 9.84 Å². The highest BCUT2D eigenvalue weighted by molar-refractivity contribution is 7.92. The van der Waals surface area contributed by atoms with Crippen LogP contribution in [-0.2, 0) is 24.7 Å². The summed E-state index contributed by atoms with van der Waals surface area (Å²) in [6.45, 7) is 0.536. The second kappa shape index (κ2) is 7.57. The van der Waals surface area contributed by atoms with E-state index in [1.54, 1.807) is 4.90 Å². The summed E-state index contributed by atoms with van der Waals surface area (Å²) in [5.41, 5.74) is -0.691. The molecule has 3 heterocycles. The third kappa shape index (κ3) is 4.29. The molecule has 31 heavy (non-hydrogen) atoms. The summed E-state index contributed by atoms with van der Waals surface area (Å²) in [4.78, 5) is 37.7. The number of nitrogens with zero attached hydrogens (tertiary/aromatic N) is 1. The molecule has 13 heteroatoms. The van der Waals surface area contributed by atoms with E-state index < -0.39 is 37.5 Å². The summed E-state index contributed by atoms with van der Waals surface area (Å²) in [5.74, 6) is -0.964. The Kier molecular flexibility index (Phi) is 5.30. The van der Waals surface area contributed by atoms with Crippen molar-refractivity contribution in [2.24, 2.45) is 0 Å². The van der Waals surface area contributed by atoms with E-state index >= 15 is 0 Å². The summed E-state index contributed by atoms with van der Waals surface area (Å²) >= 11 is 0. The predicted molar refractivity (Wildman–Crippen MR) is 108 cm³/mol. The van der Waals surface area contributed by atoms with Crippen LogP contribution in [0.2, 0.25) is 0 Å². The number of likely N-dealkylation sites (tertiary alicyclic amines) is 1. The number of imide groups is 1. The first-order valence-corrected chi connectivity index (χ1v) is 13.1. The zero-order chi connectivity index (χ0) is 22.4. The van der Waals surface area contributed by atoms with Crippen LogP contribution < -0.4 is 15.4 Å². The van der Waals surface area contributed by atoms with Gasteiger partial charge in [0.05, 0.1) is 16.4 Å². The lowest BCUT2D eigenvalue weighted by Crippen LogP contribution is -2.55. The molecular weight excluding hydrogens is 448 g/mol. The van der Waals surface area contributed by atoms with Gasteiger partial charge in [0, 0.05) is 24.7 Å². The molecule has 4 rings (SSSR count). The van der Waals surface area contributed by atoms with Crippen LogP contribution in [0.1, 0.15) is 29.6 Å². The van der Waals surface area contributed by atoms with Crippen molar-refractivity contribution in [1.82, 2.24) is 20.3 Å². The molecule has 1 spiro atoms. The number of nitrogens with one attached hydrogen (secondary N) is 3. The first-order chi connectivity index (χ1) is 14.5. The number of benzene rings is 1. The van der Waals surface area contributed by atoms with Crippen molar-refractivity contribution in [3.8, 4) is 0 Å². The number of carbonyl (C=O) groups excluding carboxylic acids is 3. The number of hydrogen-bond donors (Lipinski definition) is 3. The molecule has 0 aliphatic carbocycles. The van der Waals surface area contributed by atoms with E-state index in [0.29, 0.717) is 5.56 Å². The predicted octanol–water partition coefficient (Wildman–Crippen LogP) is -1.03. The fourth-order valence-corrected chi connectivity index (χ4v) is 7.16. The average Bonchev–Trinajstić information content (AvgIpc) is 3.18. The van der Waals surface area contributed by atoms with Crippen molar-refractivity contribution in [1.29, 1.82) is 0 Å². The van der Waals surface area contributed by atoms with Crippen molar-refractivity contribution in [3.63, 3.8) is 0 Å². The fraction of sp³-hybridized carbons (Fsp3) is 0.500. The lowest BCUT2D eigenvalue weighted by atomic mass is 9.87. The SMILES string of the molecule is O=C1NC(=O)C2(CCN(C(=O)c3ccc(S(=O)(=O)NC4CCS(=O)(=O)C4)cc3)CC2)N1. The fourth-order valence-electron chi connectivity index (χ4n) is 4.11. The molecule has 3 saturated heterocycles. The lowest BCUT2D eigenvalue weighted by Gasteiger charge is -2.37. The van der Waals surface area contributed by atoms with Crippen LogP contribution in [0, 0.1) is 0 Å². The van der Waals surface area contributed by atoms with Gasteiger partial charge in [-0.15, -0.1) is 0 Å². The second-order valence-electron chi connectivity index (χ2n) is 8.03. The van der Waals surface area contributed by atoms with Crippen molar-refractivity contribution < 1.29 is 31.2 Å². The highest BCUT2D eigenvalue weighted by Crippen LogP contribution is 2.26. The van der Waals surface area contributed by atoms with Crippen molar-refractivity contribution in [2.45, 2.75) is 35.7 Å². The topological polar surface area (TPSA) is 159 Å². The summed E-state index contributed by atoms with van der Waals surface area (Å²) in [7, 11) is -7.13. The van der Waals surface area contributed by atoms with Crippen molar-refractivity contribution in [2.75, 3.05) is 24.6 Å². The van der Waals surface area contributed by atoms with Gasteiger partial charge in [-0.2, -0.15) is 0 Å². The van der Waals surface area contributed by atoms with Crippen LogP contribution in [0.25, 0.3) is 0 Å².